The SMILES string of the molecule is C[Si](C)(C)C1=CCC([Si](C)(C)[Si](C)(C)C2=CC([Si](C)(C)C)=CC2)=C1. The Balaban J connectivity index is 2.30. The van der Waals surface area contributed by atoms with Gasteiger partial charge in [0.25, 0.3) is 0 Å². The van der Waals surface area contributed by atoms with Gasteiger partial charge in [0.15, 0.2) is 0 Å². The molecular weight excluding hydrogens is 353 g/mol. The Bertz CT molecular complexity index is 586. The standard InChI is InChI=1S/C20H38Si4/c1-21(2,3)17-11-13-19(15-17)23(7,8)24(9,10)20-14-12-18(16-20)22(4,5)6/h11-12,15-16H,13-14H2,1-10H3. The Morgan fingerprint density at radius 2 is 0.833 bits per heavy atom. The highest BCUT2D eigenvalue weighted by Gasteiger charge is 2.47. The van der Waals surface area contributed by atoms with Crippen LogP contribution in [-0.2, 0) is 0 Å². The second kappa shape index (κ2) is 6.22. The van der Waals surface area contributed by atoms with Crippen molar-refractivity contribution in [3.63, 3.8) is 0 Å². The van der Waals surface area contributed by atoms with Gasteiger partial charge in [-0.15, -0.1) is 0 Å². The van der Waals surface area contributed by atoms with Crippen molar-refractivity contribution in [3.05, 3.63) is 45.1 Å². The van der Waals surface area contributed by atoms with Crippen molar-refractivity contribution in [1.29, 1.82) is 0 Å². The first-order valence-electron chi connectivity index (χ1n) is 9.51. The Kier molecular flexibility index (Phi) is 5.22. The van der Waals surface area contributed by atoms with Crippen LogP contribution in [0, 0.1) is 0 Å². The van der Waals surface area contributed by atoms with Crippen LogP contribution < -0.4 is 0 Å². The summed E-state index contributed by atoms with van der Waals surface area (Å²) < 4.78 is 0. The van der Waals surface area contributed by atoms with E-state index >= 15 is 0 Å². The zero-order chi connectivity index (χ0) is 18.6. The fourth-order valence-corrected chi connectivity index (χ4v) is 16.4. The molecule has 0 aromatic carbocycles. The lowest BCUT2D eigenvalue weighted by molar-refractivity contribution is 1.34. The first-order valence-corrected chi connectivity index (χ1v) is 23.5. The summed E-state index contributed by atoms with van der Waals surface area (Å²) in [4.78, 5) is 0. The highest BCUT2D eigenvalue weighted by atomic mass is 29.3. The Hall–Kier alpha value is -0.172. The highest BCUT2D eigenvalue weighted by Crippen LogP contribution is 2.41. The van der Waals surface area contributed by atoms with Crippen LogP contribution in [0.2, 0.25) is 65.5 Å². The van der Waals surface area contributed by atoms with Crippen molar-refractivity contribution in [2.24, 2.45) is 0 Å². The van der Waals surface area contributed by atoms with Crippen LogP contribution in [0.25, 0.3) is 0 Å². The van der Waals surface area contributed by atoms with Crippen molar-refractivity contribution in [2.45, 2.75) is 78.3 Å². The molecular formula is C20H38Si4. The lowest BCUT2D eigenvalue weighted by Crippen LogP contribution is -2.57. The Morgan fingerprint density at radius 1 is 0.542 bits per heavy atom. The van der Waals surface area contributed by atoms with Crippen LogP contribution in [0.4, 0.5) is 0 Å². The molecule has 0 atom stereocenters. The second-order valence-corrected chi connectivity index (χ2v) is 36.3. The molecule has 2 rings (SSSR count). The molecule has 0 spiro atoms. The van der Waals surface area contributed by atoms with Gasteiger partial charge in [-0.25, -0.2) is 0 Å². The molecule has 0 aromatic rings. The molecule has 0 heterocycles. The summed E-state index contributed by atoms with van der Waals surface area (Å²) in [7, 11) is -5.11. The fourth-order valence-electron chi connectivity index (χ4n) is 3.77. The molecule has 0 amide bonds. The Morgan fingerprint density at radius 3 is 1.04 bits per heavy atom. The van der Waals surface area contributed by atoms with E-state index in [1.165, 1.54) is 12.8 Å². The van der Waals surface area contributed by atoms with Gasteiger partial charge >= 0.3 is 0 Å². The summed E-state index contributed by atoms with van der Waals surface area (Å²) in [6, 6.07) is 0. The maximum absolute atomic E-state index is 2.67. The van der Waals surface area contributed by atoms with E-state index in [2.05, 4.69) is 89.8 Å². The first kappa shape index (κ1) is 20.1. The molecule has 0 aromatic heterocycles. The molecule has 0 nitrogen and oxygen atoms in total. The van der Waals surface area contributed by atoms with E-state index in [1.807, 2.05) is 10.4 Å². The van der Waals surface area contributed by atoms with Gasteiger partial charge in [0.1, 0.15) is 0 Å². The summed E-state index contributed by atoms with van der Waals surface area (Å²) in [5.41, 5.74) is 0. The second-order valence-electron chi connectivity index (χ2n) is 10.8. The molecule has 2 aliphatic carbocycles. The molecule has 0 radical (unpaired) electrons. The van der Waals surface area contributed by atoms with E-state index in [9.17, 15) is 0 Å². The molecule has 0 N–H and O–H groups in total. The maximum Gasteiger partial charge on any atom is 0.0771 e. The highest BCUT2D eigenvalue weighted by molar-refractivity contribution is 7.46. The third kappa shape index (κ3) is 3.67. The summed E-state index contributed by atoms with van der Waals surface area (Å²) in [6.45, 7) is 25.6. The largest absolute Gasteiger partial charge is 0.0816 e. The lowest BCUT2D eigenvalue weighted by atomic mass is 10.5. The van der Waals surface area contributed by atoms with E-state index in [0.29, 0.717) is 0 Å². The van der Waals surface area contributed by atoms with E-state index in [-0.39, 0.29) is 0 Å². The third-order valence-corrected chi connectivity index (χ3v) is 29.1. The fraction of sp³-hybridized carbons (Fsp3) is 0.600. The normalized spacial score (nSPS) is 19.9. The quantitative estimate of drug-likeness (QED) is 0.451. The van der Waals surface area contributed by atoms with Gasteiger partial charge in [0.05, 0.1) is 31.3 Å². The first-order chi connectivity index (χ1) is 10.7. The molecule has 0 fully saturated rings. The van der Waals surface area contributed by atoms with Gasteiger partial charge in [-0.05, 0) is 12.8 Å². The van der Waals surface area contributed by atoms with Crippen molar-refractivity contribution in [3.8, 4) is 0 Å². The molecule has 2 aliphatic rings. The molecule has 4 heteroatoms. The van der Waals surface area contributed by atoms with Crippen LogP contribution in [0.5, 0.6) is 0 Å². The summed E-state index contributed by atoms with van der Waals surface area (Å²) in [5, 5.41) is 7.06. The molecule has 24 heavy (non-hydrogen) atoms. The minimum absolute atomic E-state index is 1.17. The number of rotatable bonds is 5. The zero-order valence-electron chi connectivity index (χ0n) is 17.7. The van der Waals surface area contributed by atoms with Gasteiger partial charge in [0.2, 0.25) is 0 Å². The van der Waals surface area contributed by atoms with E-state index in [4.69, 9.17) is 0 Å². The van der Waals surface area contributed by atoms with Crippen LogP contribution in [0.15, 0.2) is 45.1 Å². The third-order valence-electron chi connectivity index (χ3n) is 6.64. The average molecular weight is 391 g/mol. The average Bonchev–Trinajstić information content (AvgIpc) is 3.07. The predicted octanol–water partition coefficient (Wildman–Crippen LogP) is 6.83. The van der Waals surface area contributed by atoms with Crippen molar-refractivity contribution in [2.75, 3.05) is 0 Å². The van der Waals surface area contributed by atoms with E-state index in [0.717, 1.165) is 0 Å². The topological polar surface area (TPSA) is 0 Å². The number of hydrogen-bond donors (Lipinski definition) is 0. The maximum atomic E-state index is 2.67. The van der Waals surface area contributed by atoms with Gasteiger partial charge in [0, 0.05) is 0 Å². The summed E-state index contributed by atoms with van der Waals surface area (Å²) >= 11 is 0. The Labute approximate surface area is 154 Å². The zero-order valence-corrected chi connectivity index (χ0v) is 21.7. The predicted molar refractivity (Wildman–Crippen MR) is 123 cm³/mol. The van der Waals surface area contributed by atoms with Crippen molar-refractivity contribution >= 4 is 31.3 Å². The van der Waals surface area contributed by atoms with Gasteiger partial charge in [-0.2, -0.15) is 0 Å². The van der Waals surface area contributed by atoms with E-state index < -0.39 is 31.3 Å². The van der Waals surface area contributed by atoms with Gasteiger partial charge in [-0.3, -0.25) is 0 Å². The molecule has 0 saturated carbocycles. The van der Waals surface area contributed by atoms with Crippen LogP contribution in [0.3, 0.4) is 0 Å². The van der Waals surface area contributed by atoms with Crippen LogP contribution in [-0.4, -0.2) is 31.3 Å². The molecule has 0 unspecified atom stereocenters. The van der Waals surface area contributed by atoms with Crippen molar-refractivity contribution < 1.29 is 0 Å². The van der Waals surface area contributed by atoms with Crippen LogP contribution >= 0.6 is 0 Å². The van der Waals surface area contributed by atoms with Gasteiger partial charge in [-0.1, -0.05) is 111 Å². The van der Waals surface area contributed by atoms with Crippen molar-refractivity contribution in [1.82, 2.24) is 0 Å². The minimum Gasteiger partial charge on any atom is -0.0816 e. The minimum atomic E-state index is -1.39. The molecule has 0 aliphatic heterocycles. The molecule has 0 bridgehead atoms. The van der Waals surface area contributed by atoms with Gasteiger partial charge < -0.3 is 0 Å². The van der Waals surface area contributed by atoms with E-state index in [1.54, 1.807) is 10.4 Å². The number of allylic oxidation sites excluding steroid dienone is 8. The number of hydrogen-bond acceptors (Lipinski definition) is 0. The van der Waals surface area contributed by atoms with Crippen LogP contribution in [0.1, 0.15) is 12.8 Å². The summed E-state index contributed by atoms with van der Waals surface area (Å²) in [5.74, 6) is 0. The summed E-state index contributed by atoms with van der Waals surface area (Å²) in [6.07, 6.45) is 12.9. The smallest absolute Gasteiger partial charge is 0.0771 e. The molecule has 134 valence electrons. The lowest BCUT2D eigenvalue weighted by Gasteiger charge is -2.41. The monoisotopic (exact) mass is 390 g/mol. The molecule has 0 saturated heterocycles.